The number of furan rings is 1. The molecule has 1 aromatic carbocycles. The number of aliphatic hydroxyl groups excluding tert-OH is 1. The molecular weight excluding hydrogens is 272 g/mol. The third-order valence-electron chi connectivity index (χ3n) is 2.79. The summed E-state index contributed by atoms with van der Waals surface area (Å²) in [6, 6.07) is 3.18. The highest BCUT2D eigenvalue weighted by atomic mass is 35.5. The zero-order valence-corrected chi connectivity index (χ0v) is 11.4. The third kappa shape index (κ3) is 2.27. The number of methoxy groups -OCH3 is 2. The summed E-state index contributed by atoms with van der Waals surface area (Å²) in [5, 5.41) is 10.7. The normalized spacial score (nSPS) is 12.5. The average molecular weight is 285 g/mol. The molecule has 2 aromatic rings. The van der Waals surface area contributed by atoms with Crippen LogP contribution in [0.25, 0.3) is 11.0 Å². The summed E-state index contributed by atoms with van der Waals surface area (Å²) < 4.78 is 15.2. The van der Waals surface area contributed by atoms with Crippen molar-refractivity contribution in [1.82, 2.24) is 0 Å². The summed E-state index contributed by atoms with van der Waals surface area (Å²) in [5.41, 5.74) is 0.699. The average Bonchev–Trinajstić information content (AvgIpc) is 2.80. The van der Waals surface area contributed by atoms with Gasteiger partial charge in [-0.15, -0.1) is 0 Å². The van der Waals surface area contributed by atoms with E-state index in [1.807, 2.05) is 0 Å². The summed E-state index contributed by atoms with van der Waals surface area (Å²) in [6.07, 6.45) is -1.47. The Morgan fingerprint density at radius 3 is 2.68 bits per heavy atom. The van der Waals surface area contributed by atoms with Gasteiger partial charge in [0.15, 0.2) is 17.4 Å². The number of benzene rings is 1. The SMILES string of the molecule is COC(=O)C(O)c1cc(OC)c2oc(C)cc2c1Cl. The molecule has 0 bridgehead atoms. The number of hydrogen-bond donors (Lipinski definition) is 1. The molecule has 0 aliphatic carbocycles. The fraction of sp³-hybridized carbons (Fsp3) is 0.308. The Balaban J connectivity index is 2.68. The second-order valence-corrected chi connectivity index (χ2v) is 4.39. The Bertz CT molecular complexity index is 631. The van der Waals surface area contributed by atoms with Crippen molar-refractivity contribution in [3.63, 3.8) is 0 Å². The Kier molecular flexibility index (Phi) is 3.68. The first kappa shape index (κ1) is 13.7. The minimum absolute atomic E-state index is 0.221. The van der Waals surface area contributed by atoms with E-state index in [-0.39, 0.29) is 10.6 Å². The smallest absolute Gasteiger partial charge is 0.339 e. The van der Waals surface area contributed by atoms with E-state index >= 15 is 0 Å². The molecule has 0 saturated carbocycles. The van der Waals surface area contributed by atoms with E-state index in [9.17, 15) is 9.90 Å². The van der Waals surface area contributed by atoms with Crippen LogP contribution in [0.15, 0.2) is 16.5 Å². The summed E-state index contributed by atoms with van der Waals surface area (Å²) in [5.74, 6) is 0.258. The molecule has 0 fully saturated rings. The van der Waals surface area contributed by atoms with E-state index in [0.29, 0.717) is 22.5 Å². The second-order valence-electron chi connectivity index (χ2n) is 4.01. The summed E-state index contributed by atoms with van der Waals surface area (Å²) in [4.78, 5) is 11.4. The first-order chi connectivity index (χ1) is 8.99. The van der Waals surface area contributed by atoms with E-state index in [0.717, 1.165) is 0 Å². The largest absolute Gasteiger partial charge is 0.493 e. The lowest BCUT2D eigenvalue weighted by Crippen LogP contribution is -2.14. The number of aliphatic hydroxyl groups is 1. The fourth-order valence-corrected chi connectivity index (χ4v) is 2.17. The first-order valence-corrected chi connectivity index (χ1v) is 5.89. The molecule has 1 heterocycles. The molecule has 0 radical (unpaired) electrons. The molecule has 102 valence electrons. The number of hydrogen-bond acceptors (Lipinski definition) is 5. The van der Waals surface area contributed by atoms with Gasteiger partial charge in [-0.1, -0.05) is 11.6 Å². The Morgan fingerprint density at radius 2 is 2.11 bits per heavy atom. The zero-order chi connectivity index (χ0) is 14.2. The van der Waals surface area contributed by atoms with Gasteiger partial charge in [-0.25, -0.2) is 4.79 Å². The maximum atomic E-state index is 11.4. The molecule has 0 aliphatic heterocycles. The number of rotatable bonds is 3. The van der Waals surface area contributed by atoms with Gasteiger partial charge in [0.25, 0.3) is 0 Å². The van der Waals surface area contributed by atoms with Gasteiger partial charge in [0.05, 0.1) is 19.2 Å². The zero-order valence-electron chi connectivity index (χ0n) is 10.7. The molecule has 2 rings (SSSR count). The standard InChI is InChI=1S/C13H13ClO5/c1-6-4-8-10(14)7(11(15)13(16)18-3)5-9(17-2)12(8)19-6/h4-5,11,15H,1-3H3. The molecule has 1 N–H and O–H groups in total. The molecule has 0 aliphatic rings. The molecule has 0 amide bonds. The van der Waals surface area contributed by atoms with Crippen LogP contribution in [0.2, 0.25) is 5.02 Å². The van der Waals surface area contributed by atoms with Crippen molar-refractivity contribution in [3.8, 4) is 5.75 Å². The lowest BCUT2D eigenvalue weighted by atomic mass is 10.1. The van der Waals surface area contributed by atoms with E-state index in [2.05, 4.69) is 4.74 Å². The van der Waals surface area contributed by atoms with Crippen LogP contribution in [0.5, 0.6) is 5.75 Å². The predicted octanol–water partition coefficient (Wildman–Crippen LogP) is 2.61. The van der Waals surface area contributed by atoms with Crippen molar-refractivity contribution < 1.29 is 23.8 Å². The van der Waals surface area contributed by atoms with E-state index in [1.165, 1.54) is 20.3 Å². The fourth-order valence-electron chi connectivity index (χ4n) is 1.88. The van der Waals surface area contributed by atoms with Crippen LogP contribution in [-0.2, 0) is 9.53 Å². The van der Waals surface area contributed by atoms with Crippen molar-refractivity contribution in [2.75, 3.05) is 14.2 Å². The highest BCUT2D eigenvalue weighted by Crippen LogP contribution is 2.39. The number of ether oxygens (including phenoxy) is 2. The monoisotopic (exact) mass is 284 g/mol. The van der Waals surface area contributed by atoms with Crippen molar-refractivity contribution in [3.05, 3.63) is 28.5 Å². The van der Waals surface area contributed by atoms with Crippen molar-refractivity contribution in [2.45, 2.75) is 13.0 Å². The minimum Gasteiger partial charge on any atom is -0.493 e. The summed E-state index contributed by atoms with van der Waals surface area (Å²) in [7, 11) is 2.66. The lowest BCUT2D eigenvalue weighted by Gasteiger charge is -2.12. The Morgan fingerprint density at radius 1 is 1.42 bits per heavy atom. The predicted molar refractivity (Wildman–Crippen MR) is 69.5 cm³/mol. The highest BCUT2D eigenvalue weighted by molar-refractivity contribution is 6.36. The second kappa shape index (κ2) is 5.11. The first-order valence-electron chi connectivity index (χ1n) is 5.52. The molecule has 5 nitrogen and oxygen atoms in total. The molecule has 0 saturated heterocycles. The minimum atomic E-state index is -1.47. The van der Waals surface area contributed by atoms with Gasteiger partial charge in [-0.2, -0.15) is 0 Å². The maximum Gasteiger partial charge on any atom is 0.339 e. The number of carbonyl (C=O) groups excluding carboxylic acids is 1. The summed E-state index contributed by atoms with van der Waals surface area (Å²) >= 11 is 6.20. The van der Waals surface area contributed by atoms with Gasteiger partial charge in [-0.3, -0.25) is 0 Å². The van der Waals surface area contributed by atoms with Crippen LogP contribution < -0.4 is 4.74 Å². The molecule has 19 heavy (non-hydrogen) atoms. The molecule has 1 atom stereocenters. The molecule has 1 unspecified atom stereocenters. The number of aryl methyl sites for hydroxylation is 1. The lowest BCUT2D eigenvalue weighted by molar-refractivity contribution is -0.150. The number of halogens is 1. The van der Waals surface area contributed by atoms with E-state index in [4.69, 9.17) is 20.8 Å². The molecule has 6 heteroatoms. The van der Waals surface area contributed by atoms with Gasteiger partial charge < -0.3 is 19.0 Å². The van der Waals surface area contributed by atoms with Gasteiger partial charge in [0.1, 0.15) is 5.76 Å². The molecule has 1 aromatic heterocycles. The Hall–Kier alpha value is -1.72. The Labute approximate surface area is 114 Å². The molecular formula is C13H13ClO5. The van der Waals surface area contributed by atoms with Crippen LogP contribution in [0.4, 0.5) is 0 Å². The van der Waals surface area contributed by atoms with Crippen molar-refractivity contribution in [1.29, 1.82) is 0 Å². The van der Waals surface area contributed by atoms with Crippen LogP contribution in [0, 0.1) is 6.92 Å². The maximum absolute atomic E-state index is 11.4. The number of esters is 1. The number of carbonyl (C=O) groups is 1. The van der Waals surface area contributed by atoms with Gasteiger partial charge in [0.2, 0.25) is 0 Å². The molecule has 0 spiro atoms. The van der Waals surface area contributed by atoms with Crippen molar-refractivity contribution in [2.24, 2.45) is 0 Å². The van der Waals surface area contributed by atoms with Crippen LogP contribution in [-0.4, -0.2) is 25.3 Å². The van der Waals surface area contributed by atoms with Gasteiger partial charge >= 0.3 is 5.97 Å². The van der Waals surface area contributed by atoms with Gasteiger partial charge in [0, 0.05) is 10.9 Å². The third-order valence-corrected chi connectivity index (χ3v) is 3.22. The van der Waals surface area contributed by atoms with E-state index in [1.54, 1.807) is 13.0 Å². The van der Waals surface area contributed by atoms with Crippen LogP contribution in [0.1, 0.15) is 17.4 Å². The van der Waals surface area contributed by atoms with Crippen molar-refractivity contribution >= 4 is 28.5 Å². The van der Waals surface area contributed by atoms with Crippen LogP contribution >= 0.6 is 11.6 Å². The van der Waals surface area contributed by atoms with E-state index < -0.39 is 12.1 Å². The van der Waals surface area contributed by atoms with Gasteiger partial charge in [-0.05, 0) is 19.1 Å². The van der Waals surface area contributed by atoms with Crippen LogP contribution in [0.3, 0.4) is 0 Å². The highest BCUT2D eigenvalue weighted by Gasteiger charge is 2.25. The quantitative estimate of drug-likeness (QED) is 0.878. The summed E-state index contributed by atoms with van der Waals surface area (Å²) in [6.45, 7) is 1.77. The number of fused-ring (bicyclic) bond motifs is 1. The topological polar surface area (TPSA) is 68.9 Å².